The lowest BCUT2D eigenvalue weighted by atomic mass is 9.86. The Bertz CT molecular complexity index is 2620. The lowest BCUT2D eigenvalue weighted by Crippen LogP contribution is -2.26. The Morgan fingerprint density at radius 2 is 1.42 bits per heavy atom. The number of fused-ring (bicyclic) bond motifs is 6. The van der Waals surface area contributed by atoms with E-state index in [-0.39, 0.29) is 22.9 Å². The first kappa shape index (κ1) is 35.0. The minimum atomic E-state index is -0.00807. The average Bonchev–Trinajstić information content (AvgIpc) is 3.83. The fourth-order valence-corrected chi connectivity index (χ4v) is 8.45. The van der Waals surface area contributed by atoms with Crippen LogP contribution < -0.4 is 4.74 Å². The molecule has 0 aliphatic carbocycles. The maximum atomic E-state index is 6.90. The number of pyridine rings is 1. The van der Waals surface area contributed by atoms with E-state index in [1.165, 1.54) is 44.2 Å². The Morgan fingerprint density at radius 3 is 2.18 bits per heavy atom. The van der Waals surface area contributed by atoms with Crippen LogP contribution in [0.15, 0.2) is 133 Å². The van der Waals surface area contributed by atoms with Gasteiger partial charge in [0.25, 0.3) is 0 Å². The second-order valence-corrected chi connectivity index (χ2v) is 17.8. The van der Waals surface area contributed by atoms with Crippen LogP contribution >= 0.6 is 0 Å². The molecule has 2 aliphatic heterocycles. The van der Waals surface area contributed by atoms with Gasteiger partial charge in [0.05, 0.1) is 17.1 Å². The summed E-state index contributed by atoms with van der Waals surface area (Å²) in [4.78, 5) is 12.9. The van der Waals surface area contributed by atoms with Gasteiger partial charge in [-0.25, -0.2) is 4.98 Å². The van der Waals surface area contributed by atoms with Crippen molar-refractivity contribution >= 4 is 27.6 Å². The van der Waals surface area contributed by atoms with Gasteiger partial charge >= 0.3 is 0 Å². The molecule has 0 radical (unpaired) electrons. The SMILES string of the molecule is CC(C)c1cc(Oc2ccc3c4cc(C(C)(C)C)ccc4n(-c4cc(C(C)(C)C)ccn4)c3c2)cc(C2=N[C@H](c3ccccc3)[C@@H]3c4ccccc4CN23)c1. The molecule has 2 atom stereocenters. The van der Waals surface area contributed by atoms with Crippen LogP contribution in [0.3, 0.4) is 0 Å². The van der Waals surface area contributed by atoms with Crippen LogP contribution in [0.1, 0.15) is 112 Å². The van der Waals surface area contributed by atoms with Crippen molar-refractivity contribution in [2.75, 3.05) is 0 Å². The van der Waals surface area contributed by atoms with E-state index in [9.17, 15) is 0 Å². The standard InChI is InChI=1S/C50H50N4O/c1-31(2)34-24-35(48-52-46(32-14-10-9-11-15-32)47-40-17-13-12-16-33(40)30-53(47)48)26-39(25-34)55-38-19-20-41-42-27-36(49(3,4)5)18-21-43(42)54(44(41)29-38)45-28-37(22-23-51-45)50(6,7)8/h9-29,31,46-47H,30H2,1-8H3/t46-,47+/m1/s1. The number of benzene rings is 5. The largest absolute Gasteiger partial charge is 0.457 e. The predicted molar refractivity (Wildman–Crippen MR) is 227 cm³/mol. The Morgan fingerprint density at radius 1 is 0.673 bits per heavy atom. The first-order chi connectivity index (χ1) is 26.3. The normalized spacial score (nSPS) is 16.9. The fraction of sp³-hybridized carbons (Fsp3) is 0.280. The van der Waals surface area contributed by atoms with Crippen LogP contribution in [0.4, 0.5) is 0 Å². The smallest absolute Gasteiger partial charge is 0.137 e. The van der Waals surface area contributed by atoms with Crippen molar-refractivity contribution < 1.29 is 4.74 Å². The molecule has 276 valence electrons. The minimum absolute atomic E-state index is 0.00807. The third-order valence-corrected chi connectivity index (χ3v) is 11.6. The van der Waals surface area contributed by atoms with Gasteiger partial charge in [0, 0.05) is 35.1 Å². The summed E-state index contributed by atoms with van der Waals surface area (Å²) in [5.41, 5.74) is 11.1. The van der Waals surface area contributed by atoms with Gasteiger partial charge in [-0.15, -0.1) is 0 Å². The molecule has 0 saturated carbocycles. The lowest BCUT2D eigenvalue weighted by molar-refractivity contribution is 0.341. The van der Waals surface area contributed by atoms with Gasteiger partial charge in [0.1, 0.15) is 29.2 Å². The highest BCUT2D eigenvalue weighted by Gasteiger charge is 2.43. The molecule has 0 fully saturated rings. The zero-order valence-electron chi connectivity index (χ0n) is 33.3. The van der Waals surface area contributed by atoms with Crippen molar-refractivity contribution in [2.45, 2.75) is 90.8 Å². The molecule has 0 unspecified atom stereocenters. The summed E-state index contributed by atoms with van der Waals surface area (Å²) in [6, 6.07) is 44.2. The van der Waals surface area contributed by atoms with Crippen molar-refractivity contribution in [3.8, 4) is 17.3 Å². The molecule has 2 aliphatic rings. The molecule has 5 aromatic carbocycles. The number of nitrogens with zero attached hydrogens (tertiary/aromatic N) is 4. The summed E-state index contributed by atoms with van der Waals surface area (Å²) in [6.07, 6.45) is 1.94. The molecule has 5 nitrogen and oxygen atoms in total. The summed E-state index contributed by atoms with van der Waals surface area (Å²) in [7, 11) is 0. The molecule has 55 heavy (non-hydrogen) atoms. The zero-order chi connectivity index (χ0) is 38.2. The number of ether oxygens (including phenoxy) is 1. The molecule has 7 aromatic rings. The second-order valence-electron chi connectivity index (χ2n) is 17.8. The molecule has 9 rings (SSSR count). The molecule has 0 spiro atoms. The Balaban J connectivity index is 1.16. The Labute approximate surface area is 325 Å². The van der Waals surface area contributed by atoms with Gasteiger partial charge in [-0.05, 0) is 105 Å². The van der Waals surface area contributed by atoms with E-state index < -0.39 is 0 Å². The minimum Gasteiger partial charge on any atom is -0.457 e. The Hall–Kier alpha value is -5.68. The summed E-state index contributed by atoms with van der Waals surface area (Å²) >= 11 is 0. The van der Waals surface area contributed by atoms with E-state index in [0.717, 1.165) is 46.3 Å². The van der Waals surface area contributed by atoms with Crippen LogP contribution in [-0.4, -0.2) is 20.3 Å². The third kappa shape index (κ3) is 6.20. The maximum absolute atomic E-state index is 6.90. The van der Waals surface area contributed by atoms with Crippen LogP contribution in [0, 0.1) is 0 Å². The predicted octanol–water partition coefficient (Wildman–Crippen LogP) is 12.7. The summed E-state index contributed by atoms with van der Waals surface area (Å²) in [6.45, 7) is 18.9. The van der Waals surface area contributed by atoms with Gasteiger partial charge in [0.15, 0.2) is 0 Å². The van der Waals surface area contributed by atoms with Gasteiger partial charge < -0.3 is 9.64 Å². The van der Waals surface area contributed by atoms with Crippen LogP contribution in [0.2, 0.25) is 0 Å². The van der Waals surface area contributed by atoms with E-state index in [2.05, 4.69) is 186 Å². The van der Waals surface area contributed by atoms with Crippen molar-refractivity contribution in [1.29, 1.82) is 0 Å². The first-order valence-electron chi connectivity index (χ1n) is 19.7. The number of rotatable bonds is 6. The van der Waals surface area contributed by atoms with E-state index >= 15 is 0 Å². The number of amidine groups is 1. The molecule has 0 amide bonds. The van der Waals surface area contributed by atoms with E-state index in [1.54, 1.807) is 0 Å². The second kappa shape index (κ2) is 13.0. The van der Waals surface area contributed by atoms with E-state index in [1.807, 2.05) is 6.20 Å². The van der Waals surface area contributed by atoms with Crippen molar-refractivity contribution in [3.63, 3.8) is 0 Å². The summed E-state index contributed by atoms with van der Waals surface area (Å²) < 4.78 is 9.20. The van der Waals surface area contributed by atoms with Crippen molar-refractivity contribution in [2.24, 2.45) is 4.99 Å². The van der Waals surface area contributed by atoms with Crippen molar-refractivity contribution in [3.05, 3.63) is 166 Å². The number of aromatic nitrogens is 2. The van der Waals surface area contributed by atoms with Crippen molar-refractivity contribution in [1.82, 2.24) is 14.5 Å². The lowest BCUT2D eigenvalue weighted by Gasteiger charge is -2.24. The molecule has 0 bridgehead atoms. The highest BCUT2D eigenvalue weighted by atomic mass is 16.5. The maximum Gasteiger partial charge on any atom is 0.137 e. The van der Waals surface area contributed by atoms with Crippen LogP contribution in [0.5, 0.6) is 11.5 Å². The highest BCUT2D eigenvalue weighted by Crippen LogP contribution is 2.49. The number of hydrogen-bond acceptors (Lipinski definition) is 4. The van der Waals surface area contributed by atoms with Gasteiger partial charge in [-0.2, -0.15) is 0 Å². The van der Waals surface area contributed by atoms with Crippen LogP contribution in [0.25, 0.3) is 27.6 Å². The topological polar surface area (TPSA) is 42.6 Å². The molecule has 5 heteroatoms. The molecule has 4 heterocycles. The van der Waals surface area contributed by atoms with Gasteiger partial charge in [-0.3, -0.25) is 9.56 Å². The fourth-order valence-electron chi connectivity index (χ4n) is 8.45. The summed E-state index contributed by atoms with van der Waals surface area (Å²) in [5, 5.41) is 2.40. The highest BCUT2D eigenvalue weighted by molar-refractivity contribution is 6.10. The van der Waals surface area contributed by atoms with Gasteiger partial charge in [-0.1, -0.05) is 116 Å². The molecular weight excluding hydrogens is 673 g/mol. The van der Waals surface area contributed by atoms with E-state index in [4.69, 9.17) is 14.7 Å². The average molecular weight is 723 g/mol. The molecular formula is C50H50N4O. The third-order valence-electron chi connectivity index (χ3n) is 11.6. The Kier molecular flexibility index (Phi) is 8.27. The van der Waals surface area contributed by atoms with E-state index in [0.29, 0.717) is 5.92 Å². The molecule has 2 aromatic heterocycles. The summed E-state index contributed by atoms with van der Waals surface area (Å²) in [5.74, 6) is 3.84. The van der Waals surface area contributed by atoms with Crippen LogP contribution in [-0.2, 0) is 17.4 Å². The molecule has 0 N–H and O–H groups in total. The number of hydrogen-bond donors (Lipinski definition) is 0. The quantitative estimate of drug-likeness (QED) is 0.172. The van der Waals surface area contributed by atoms with Gasteiger partial charge in [0.2, 0.25) is 0 Å². The molecule has 0 saturated heterocycles. The number of aliphatic imine (C=N–C) groups is 1. The first-order valence-corrected chi connectivity index (χ1v) is 19.7. The zero-order valence-corrected chi connectivity index (χ0v) is 33.3. The monoisotopic (exact) mass is 722 g/mol.